The first kappa shape index (κ1) is 16.1. The number of anilines is 1. The monoisotopic (exact) mass is 329 g/mol. The van der Waals surface area contributed by atoms with Crippen molar-refractivity contribution in [1.82, 2.24) is 15.3 Å². The van der Waals surface area contributed by atoms with Gasteiger partial charge in [-0.3, -0.25) is 14.9 Å². The van der Waals surface area contributed by atoms with Crippen LogP contribution in [0.1, 0.15) is 19.8 Å². The van der Waals surface area contributed by atoms with Crippen molar-refractivity contribution in [3.8, 4) is 0 Å². The van der Waals surface area contributed by atoms with Crippen LogP contribution in [-0.4, -0.2) is 33.9 Å². The molecule has 2 aromatic rings. The van der Waals surface area contributed by atoms with E-state index in [4.69, 9.17) is 0 Å². The molecule has 0 bridgehead atoms. The Hall–Kier alpha value is -2.77. The van der Waals surface area contributed by atoms with E-state index in [0.29, 0.717) is 35.7 Å². The Morgan fingerprint density at radius 3 is 2.88 bits per heavy atom. The summed E-state index contributed by atoms with van der Waals surface area (Å²) < 4.78 is 0. The van der Waals surface area contributed by atoms with Gasteiger partial charge in [0, 0.05) is 36.5 Å². The van der Waals surface area contributed by atoms with Crippen LogP contribution < -0.4 is 10.6 Å². The zero-order chi connectivity index (χ0) is 17.1. The topological polar surface area (TPSA) is 110 Å². The molecular formula is C16H19N5O3. The van der Waals surface area contributed by atoms with Gasteiger partial charge >= 0.3 is 0 Å². The molecule has 1 fully saturated rings. The lowest BCUT2D eigenvalue weighted by Gasteiger charge is -2.12. The SMILES string of the molecule is C[C@@H](C(=O)NCCNc1ncnc2ccc([N+](=O)[O-])cc12)C1CC1. The molecule has 1 aromatic heterocycles. The van der Waals surface area contributed by atoms with E-state index in [1.165, 1.54) is 18.5 Å². The third kappa shape index (κ3) is 3.58. The van der Waals surface area contributed by atoms with E-state index in [2.05, 4.69) is 20.6 Å². The molecule has 0 unspecified atom stereocenters. The van der Waals surface area contributed by atoms with Crippen molar-refractivity contribution in [2.75, 3.05) is 18.4 Å². The first-order valence-electron chi connectivity index (χ1n) is 7.97. The van der Waals surface area contributed by atoms with Crippen molar-refractivity contribution in [2.45, 2.75) is 19.8 Å². The second kappa shape index (κ2) is 6.77. The Labute approximate surface area is 138 Å². The number of aromatic nitrogens is 2. The number of nitrogens with one attached hydrogen (secondary N) is 2. The number of benzene rings is 1. The highest BCUT2D eigenvalue weighted by Gasteiger charge is 2.32. The molecule has 24 heavy (non-hydrogen) atoms. The summed E-state index contributed by atoms with van der Waals surface area (Å²) in [5.41, 5.74) is 0.622. The molecular weight excluding hydrogens is 310 g/mol. The van der Waals surface area contributed by atoms with Crippen LogP contribution in [0.5, 0.6) is 0 Å². The summed E-state index contributed by atoms with van der Waals surface area (Å²) in [5.74, 6) is 1.19. The number of carbonyl (C=O) groups excluding carboxylic acids is 1. The zero-order valence-electron chi connectivity index (χ0n) is 13.4. The van der Waals surface area contributed by atoms with E-state index in [-0.39, 0.29) is 17.5 Å². The first-order valence-corrected chi connectivity index (χ1v) is 7.97. The molecule has 1 amide bonds. The lowest BCUT2D eigenvalue weighted by atomic mass is 10.1. The van der Waals surface area contributed by atoms with Crippen molar-refractivity contribution < 1.29 is 9.72 Å². The minimum atomic E-state index is -0.449. The van der Waals surface area contributed by atoms with Gasteiger partial charge in [0.25, 0.3) is 5.69 Å². The summed E-state index contributed by atoms with van der Waals surface area (Å²) in [6, 6.07) is 4.46. The Morgan fingerprint density at radius 1 is 1.38 bits per heavy atom. The fourth-order valence-electron chi connectivity index (χ4n) is 2.64. The predicted molar refractivity (Wildman–Crippen MR) is 89.6 cm³/mol. The van der Waals surface area contributed by atoms with Crippen LogP contribution in [0.4, 0.5) is 11.5 Å². The van der Waals surface area contributed by atoms with Crippen LogP contribution >= 0.6 is 0 Å². The van der Waals surface area contributed by atoms with E-state index in [1.807, 2.05) is 6.92 Å². The van der Waals surface area contributed by atoms with Gasteiger partial charge in [0.1, 0.15) is 12.1 Å². The Morgan fingerprint density at radius 2 is 2.17 bits per heavy atom. The molecule has 1 atom stereocenters. The number of amides is 1. The summed E-state index contributed by atoms with van der Waals surface area (Å²) in [4.78, 5) is 30.6. The van der Waals surface area contributed by atoms with E-state index in [0.717, 1.165) is 12.8 Å². The van der Waals surface area contributed by atoms with Crippen LogP contribution in [0.3, 0.4) is 0 Å². The summed E-state index contributed by atoms with van der Waals surface area (Å²) in [7, 11) is 0. The summed E-state index contributed by atoms with van der Waals surface area (Å²) in [6.45, 7) is 2.91. The normalized spacial score (nSPS) is 15.0. The van der Waals surface area contributed by atoms with Gasteiger partial charge in [0.15, 0.2) is 0 Å². The zero-order valence-corrected chi connectivity index (χ0v) is 13.4. The fourth-order valence-corrected chi connectivity index (χ4v) is 2.64. The quantitative estimate of drug-likeness (QED) is 0.457. The molecule has 8 heteroatoms. The lowest BCUT2D eigenvalue weighted by Crippen LogP contribution is -2.33. The number of nitro groups is 1. The smallest absolute Gasteiger partial charge is 0.270 e. The van der Waals surface area contributed by atoms with Crippen molar-refractivity contribution in [1.29, 1.82) is 0 Å². The number of non-ortho nitro benzene ring substituents is 1. The van der Waals surface area contributed by atoms with Gasteiger partial charge in [-0.05, 0) is 24.8 Å². The minimum Gasteiger partial charge on any atom is -0.368 e. The molecule has 1 heterocycles. The average Bonchev–Trinajstić information content (AvgIpc) is 3.42. The molecule has 0 spiro atoms. The number of carbonyl (C=O) groups is 1. The summed E-state index contributed by atoms with van der Waals surface area (Å²) in [6.07, 6.45) is 3.68. The maximum absolute atomic E-state index is 11.9. The summed E-state index contributed by atoms with van der Waals surface area (Å²) in [5, 5.41) is 17.5. The van der Waals surface area contributed by atoms with E-state index >= 15 is 0 Å². The highest BCUT2D eigenvalue weighted by Crippen LogP contribution is 2.36. The van der Waals surface area contributed by atoms with E-state index in [1.54, 1.807) is 6.07 Å². The highest BCUT2D eigenvalue weighted by atomic mass is 16.6. The van der Waals surface area contributed by atoms with Crippen molar-refractivity contribution in [3.05, 3.63) is 34.6 Å². The largest absolute Gasteiger partial charge is 0.368 e. The number of fused-ring (bicyclic) bond motifs is 1. The van der Waals surface area contributed by atoms with E-state index in [9.17, 15) is 14.9 Å². The molecule has 0 aliphatic heterocycles. The maximum Gasteiger partial charge on any atom is 0.270 e. The van der Waals surface area contributed by atoms with Crippen LogP contribution in [0, 0.1) is 22.0 Å². The molecule has 1 aliphatic carbocycles. The third-order valence-corrected chi connectivity index (χ3v) is 4.29. The van der Waals surface area contributed by atoms with Gasteiger partial charge < -0.3 is 10.6 Å². The van der Waals surface area contributed by atoms with Gasteiger partial charge in [0.2, 0.25) is 5.91 Å². The second-order valence-electron chi connectivity index (χ2n) is 6.02. The van der Waals surface area contributed by atoms with Gasteiger partial charge in [-0.2, -0.15) is 0 Å². The number of rotatable bonds is 7. The molecule has 2 N–H and O–H groups in total. The predicted octanol–water partition coefficient (Wildman–Crippen LogP) is 2.11. The van der Waals surface area contributed by atoms with Crippen molar-refractivity contribution in [2.24, 2.45) is 11.8 Å². The summed E-state index contributed by atoms with van der Waals surface area (Å²) >= 11 is 0. The molecule has 0 radical (unpaired) electrons. The van der Waals surface area contributed by atoms with E-state index < -0.39 is 4.92 Å². The fraction of sp³-hybridized carbons (Fsp3) is 0.438. The Balaban J connectivity index is 1.61. The van der Waals surface area contributed by atoms with Crippen LogP contribution in [-0.2, 0) is 4.79 Å². The molecule has 8 nitrogen and oxygen atoms in total. The molecule has 126 valence electrons. The van der Waals surface area contributed by atoms with Crippen LogP contribution in [0.2, 0.25) is 0 Å². The van der Waals surface area contributed by atoms with Crippen molar-refractivity contribution >= 4 is 28.3 Å². The number of hydrogen-bond donors (Lipinski definition) is 2. The second-order valence-corrected chi connectivity index (χ2v) is 6.02. The van der Waals surface area contributed by atoms with Crippen molar-refractivity contribution in [3.63, 3.8) is 0 Å². The molecule has 0 saturated heterocycles. The van der Waals surface area contributed by atoms with Gasteiger partial charge in [-0.25, -0.2) is 9.97 Å². The molecule has 1 aliphatic rings. The number of hydrogen-bond acceptors (Lipinski definition) is 6. The van der Waals surface area contributed by atoms with Crippen LogP contribution in [0.15, 0.2) is 24.5 Å². The Bertz CT molecular complexity index is 775. The van der Waals surface area contributed by atoms with Gasteiger partial charge in [-0.1, -0.05) is 6.92 Å². The molecule has 1 aromatic carbocycles. The van der Waals surface area contributed by atoms with Crippen LogP contribution in [0.25, 0.3) is 10.9 Å². The minimum absolute atomic E-state index is 0.00749. The van der Waals surface area contributed by atoms with Gasteiger partial charge in [-0.15, -0.1) is 0 Å². The standard InChI is InChI=1S/C16H19N5O3/c1-10(11-2-3-11)16(22)18-7-6-17-15-13-8-12(21(23)24)4-5-14(13)19-9-20-15/h4-5,8-11H,2-3,6-7H2,1H3,(H,18,22)(H,17,19,20)/t10-/m1/s1. The highest BCUT2D eigenvalue weighted by molar-refractivity contribution is 5.90. The number of nitro benzene ring substituents is 1. The molecule has 3 rings (SSSR count). The Kier molecular flexibility index (Phi) is 4.54. The maximum atomic E-state index is 11.9. The lowest BCUT2D eigenvalue weighted by molar-refractivity contribution is -0.384. The molecule has 1 saturated carbocycles. The average molecular weight is 329 g/mol. The first-order chi connectivity index (χ1) is 11.6. The third-order valence-electron chi connectivity index (χ3n) is 4.29. The van der Waals surface area contributed by atoms with Gasteiger partial charge in [0.05, 0.1) is 10.4 Å². The number of nitrogens with zero attached hydrogens (tertiary/aromatic N) is 3.